The quantitative estimate of drug-likeness (QED) is 0.550. The Morgan fingerprint density at radius 2 is 1.83 bits per heavy atom. The molecule has 6 rings (SSSR count). The molecule has 2 aromatic rings. The molecule has 2 amide bonds. The number of carbonyl (C=O) groups excluding carboxylic acids is 4. The molecule has 2 saturated heterocycles. The van der Waals surface area contributed by atoms with Crippen molar-refractivity contribution in [2.45, 2.75) is 104 Å². The van der Waals surface area contributed by atoms with Crippen molar-refractivity contribution in [2.75, 3.05) is 24.5 Å². The third-order valence-corrected chi connectivity index (χ3v) is 10.3. The van der Waals surface area contributed by atoms with Crippen LogP contribution in [0, 0.1) is 11.3 Å². The van der Waals surface area contributed by atoms with E-state index in [0.29, 0.717) is 24.9 Å². The lowest BCUT2D eigenvalue weighted by molar-refractivity contribution is -0.139. The normalized spacial score (nSPS) is 28.9. The zero-order chi connectivity index (χ0) is 28.9. The van der Waals surface area contributed by atoms with Gasteiger partial charge >= 0.3 is 0 Å². The van der Waals surface area contributed by atoms with Gasteiger partial charge < -0.3 is 19.7 Å². The summed E-state index contributed by atoms with van der Waals surface area (Å²) in [6, 6.07) is 3.94. The Morgan fingerprint density at radius 3 is 2.56 bits per heavy atom. The predicted molar refractivity (Wildman–Crippen MR) is 159 cm³/mol. The van der Waals surface area contributed by atoms with E-state index in [9.17, 15) is 19.2 Å². The van der Waals surface area contributed by atoms with Crippen LogP contribution in [0.15, 0.2) is 18.3 Å². The zero-order valence-electron chi connectivity index (χ0n) is 24.8. The lowest BCUT2D eigenvalue weighted by atomic mass is 9.95. The van der Waals surface area contributed by atoms with Crippen LogP contribution in [-0.4, -0.2) is 64.6 Å². The van der Waals surface area contributed by atoms with Gasteiger partial charge in [-0.2, -0.15) is 0 Å². The highest BCUT2D eigenvalue weighted by Gasteiger charge is 2.66. The van der Waals surface area contributed by atoms with Gasteiger partial charge in [0.05, 0.1) is 11.6 Å². The molecule has 1 aromatic heterocycles. The molecule has 4 aliphatic rings. The molecule has 1 aromatic carbocycles. The van der Waals surface area contributed by atoms with Crippen molar-refractivity contribution in [3.05, 3.63) is 29.5 Å². The van der Waals surface area contributed by atoms with Crippen LogP contribution in [-0.2, 0) is 27.3 Å². The first-order chi connectivity index (χ1) is 19.7. The van der Waals surface area contributed by atoms with Gasteiger partial charge in [0.25, 0.3) is 0 Å². The maximum Gasteiger partial charge on any atom is 0.243 e. The van der Waals surface area contributed by atoms with Crippen LogP contribution < -0.4 is 10.2 Å². The number of anilines is 1. The van der Waals surface area contributed by atoms with Crippen LogP contribution in [0.2, 0.25) is 0 Å². The van der Waals surface area contributed by atoms with Gasteiger partial charge in [0, 0.05) is 66.3 Å². The number of Topliss-reactive ketones (excluding diaryl/α,β-unsaturated/α-hetero) is 2. The fraction of sp³-hybridized carbons (Fsp3) is 0.636. The molecule has 220 valence electrons. The second kappa shape index (κ2) is 10.9. The van der Waals surface area contributed by atoms with Gasteiger partial charge in [-0.1, -0.05) is 26.7 Å². The van der Waals surface area contributed by atoms with E-state index < -0.39 is 6.04 Å². The number of hydrogen-bond acceptors (Lipinski definition) is 5. The largest absolute Gasteiger partial charge is 0.372 e. The van der Waals surface area contributed by atoms with E-state index in [1.54, 1.807) is 6.92 Å². The first-order valence-corrected chi connectivity index (χ1v) is 15.8. The summed E-state index contributed by atoms with van der Waals surface area (Å²) in [5, 5.41) is 4.10. The Bertz CT molecular complexity index is 1390. The van der Waals surface area contributed by atoms with Gasteiger partial charge in [-0.05, 0) is 69.6 Å². The molecule has 4 heterocycles. The minimum Gasteiger partial charge on any atom is -0.372 e. The van der Waals surface area contributed by atoms with E-state index in [0.717, 1.165) is 68.2 Å². The molecule has 0 radical (unpaired) electrons. The molecular weight excluding hydrogens is 516 g/mol. The van der Waals surface area contributed by atoms with E-state index in [2.05, 4.69) is 22.3 Å². The van der Waals surface area contributed by atoms with Crippen molar-refractivity contribution in [2.24, 2.45) is 11.3 Å². The molecule has 1 aliphatic carbocycles. The average Bonchev–Trinajstić information content (AvgIpc) is 3.32. The third kappa shape index (κ3) is 5.08. The number of nitrogens with zero attached hydrogens (tertiary/aromatic N) is 3. The monoisotopic (exact) mass is 560 g/mol. The summed E-state index contributed by atoms with van der Waals surface area (Å²) in [7, 11) is 0. The summed E-state index contributed by atoms with van der Waals surface area (Å²) in [6.07, 6.45) is 10.7. The highest BCUT2D eigenvalue weighted by Crippen LogP contribution is 2.59. The van der Waals surface area contributed by atoms with Crippen LogP contribution in [0.25, 0.3) is 10.9 Å². The van der Waals surface area contributed by atoms with E-state index in [1.165, 1.54) is 18.4 Å². The number of hydrogen-bond donors (Lipinski definition) is 1. The molecule has 41 heavy (non-hydrogen) atoms. The zero-order valence-corrected chi connectivity index (χ0v) is 24.8. The fourth-order valence-electron chi connectivity index (χ4n) is 7.76. The molecule has 3 aliphatic heterocycles. The summed E-state index contributed by atoms with van der Waals surface area (Å²) in [5.74, 6) is 0.0137. The molecule has 0 spiro atoms. The van der Waals surface area contributed by atoms with Crippen LogP contribution in [0.5, 0.6) is 0 Å². The number of aryl methyl sites for hydroxylation is 1. The Kier molecular flexibility index (Phi) is 7.45. The van der Waals surface area contributed by atoms with Gasteiger partial charge in [0.2, 0.25) is 11.8 Å². The Balaban J connectivity index is 1.42. The number of aromatic nitrogens is 1. The van der Waals surface area contributed by atoms with E-state index in [1.807, 2.05) is 29.5 Å². The number of benzene rings is 1. The van der Waals surface area contributed by atoms with Crippen LogP contribution in [0.1, 0.15) is 94.5 Å². The molecule has 2 bridgehead atoms. The highest BCUT2D eigenvalue weighted by molar-refractivity contribution is 6.09. The standard InChI is InChI=1S/C33H44N4O4/c1-4-28(39)27-16-33-17-29(33)37(27)30(40)19-36-18-26(22(3)38)25-15-24(35-12-8-9-13-35)14-23(31(25)36)11-7-5-6-10-21(2)32(41)34-20-33/h14-15,18,21,27,29H,4-13,16-17,19-20H2,1-3H3,(H,34,41)/t21-,27-,29+,33-/m0/s1. The van der Waals surface area contributed by atoms with Crippen molar-refractivity contribution >= 4 is 40.0 Å². The smallest absolute Gasteiger partial charge is 0.243 e. The second-order valence-electron chi connectivity index (χ2n) is 13.1. The maximum atomic E-state index is 14.1. The van der Waals surface area contributed by atoms with Crippen LogP contribution in [0.3, 0.4) is 0 Å². The SMILES string of the molecule is CCC(=O)[C@@H]1C[C@]23CNC(=O)[C@@H](C)CCCCCc4cc(N5CCCC5)cc5c(C(C)=O)cn(c45)CC(=O)N1[C@@H]2C3. The number of rotatable bonds is 4. The number of carbonyl (C=O) groups is 4. The van der Waals surface area contributed by atoms with Gasteiger partial charge in [0.1, 0.15) is 6.54 Å². The van der Waals surface area contributed by atoms with Crippen LogP contribution >= 0.6 is 0 Å². The van der Waals surface area contributed by atoms with Gasteiger partial charge in [-0.25, -0.2) is 0 Å². The minimum atomic E-state index is -0.449. The highest BCUT2D eigenvalue weighted by atomic mass is 16.2. The average molecular weight is 561 g/mol. The van der Waals surface area contributed by atoms with Crippen molar-refractivity contribution in [1.82, 2.24) is 14.8 Å². The lowest BCUT2D eigenvalue weighted by Crippen LogP contribution is -2.44. The summed E-state index contributed by atoms with van der Waals surface area (Å²) in [4.78, 5) is 57.2. The van der Waals surface area contributed by atoms with Crippen molar-refractivity contribution in [3.63, 3.8) is 0 Å². The molecule has 0 unspecified atom stereocenters. The minimum absolute atomic E-state index is 0.000915. The van der Waals surface area contributed by atoms with E-state index >= 15 is 0 Å². The van der Waals surface area contributed by atoms with Crippen molar-refractivity contribution in [3.8, 4) is 0 Å². The predicted octanol–water partition coefficient (Wildman–Crippen LogP) is 4.65. The number of nitrogens with one attached hydrogen (secondary N) is 1. The summed E-state index contributed by atoms with van der Waals surface area (Å²) < 4.78 is 1.98. The topological polar surface area (TPSA) is 91.7 Å². The van der Waals surface area contributed by atoms with Gasteiger partial charge in [-0.15, -0.1) is 0 Å². The molecular formula is C33H44N4O4. The van der Waals surface area contributed by atoms with Gasteiger partial charge in [-0.3, -0.25) is 19.2 Å². The van der Waals surface area contributed by atoms with E-state index in [-0.39, 0.29) is 47.3 Å². The lowest BCUT2D eigenvalue weighted by Gasteiger charge is -2.27. The second-order valence-corrected chi connectivity index (χ2v) is 13.1. The van der Waals surface area contributed by atoms with Crippen molar-refractivity contribution in [1.29, 1.82) is 0 Å². The van der Waals surface area contributed by atoms with Gasteiger partial charge in [0.15, 0.2) is 11.6 Å². The van der Waals surface area contributed by atoms with Crippen molar-refractivity contribution < 1.29 is 19.2 Å². The summed E-state index contributed by atoms with van der Waals surface area (Å²) >= 11 is 0. The number of piperidine rings is 1. The van der Waals surface area contributed by atoms with Crippen LogP contribution in [0.4, 0.5) is 5.69 Å². The molecule has 4 atom stereocenters. The number of ketones is 2. The van der Waals surface area contributed by atoms with E-state index in [4.69, 9.17) is 0 Å². The summed E-state index contributed by atoms with van der Waals surface area (Å²) in [6.45, 7) is 8.11. The molecule has 8 nitrogen and oxygen atoms in total. The Labute approximate surface area is 242 Å². The summed E-state index contributed by atoms with van der Waals surface area (Å²) in [5.41, 5.74) is 3.74. The maximum absolute atomic E-state index is 14.1. The Hall–Kier alpha value is -3.16. The Morgan fingerprint density at radius 1 is 1.05 bits per heavy atom. The molecule has 8 heteroatoms. The third-order valence-electron chi connectivity index (χ3n) is 10.3. The first kappa shape index (κ1) is 28.0. The molecule has 1 N–H and O–H groups in total. The number of amides is 2. The first-order valence-electron chi connectivity index (χ1n) is 15.8. The fourth-order valence-corrected chi connectivity index (χ4v) is 7.76. The molecule has 3 fully saturated rings. The molecule has 1 saturated carbocycles.